The van der Waals surface area contributed by atoms with E-state index in [0.29, 0.717) is 6.61 Å². The van der Waals surface area contributed by atoms with Crippen LogP contribution in [0.3, 0.4) is 0 Å². The number of hydrogen-bond acceptors (Lipinski definition) is 3. The summed E-state index contributed by atoms with van der Waals surface area (Å²) in [5.74, 6) is 0. The maximum atomic E-state index is 5.99. The number of nitrogens with zero attached hydrogens (tertiary/aromatic N) is 2. The van der Waals surface area contributed by atoms with Crippen LogP contribution in [0.1, 0.15) is 12.6 Å². The van der Waals surface area contributed by atoms with E-state index in [1.165, 1.54) is 0 Å². The van der Waals surface area contributed by atoms with Gasteiger partial charge in [-0.3, -0.25) is 4.68 Å². The van der Waals surface area contributed by atoms with E-state index in [-0.39, 0.29) is 5.54 Å². The van der Waals surface area contributed by atoms with Crippen LogP contribution in [0.15, 0.2) is 12.3 Å². The van der Waals surface area contributed by atoms with Crippen molar-refractivity contribution in [1.29, 1.82) is 0 Å². The number of aryl methyl sites for hydroxylation is 1. The van der Waals surface area contributed by atoms with Gasteiger partial charge in [-0.2, -0.15) is 5.10 Å². The molecule has 0 saturated heterocycles. The molecule has 1 heterocycles. The van der Waals surface area contributed by atoms with Crippen molar-refractivity contribution >= 4 is 0 Å². The highest BCUT2D eigenvalue weighted by molar-refractivity contribution is 5.04. The molecule has 0 spiro atoms. The molecule has 0 aliphatic heterocycles. The average Bonchev–Trinajstić information content (AvgIpc) is 2.34. The molecule has 0 aromatic carbocycles. The second kappa shape index (κ2) is 3.89. The maximum absolute atomic E-state index is 5.99. The van der Waals surface area contributed by atoms with Gasteiger partial charge in [0.25, 0.3) is 0 Å². The standard InChI is InChI=1S/C9H17N3O/c1-9(10,7-13-3)6-8-4-5-12(2)11-8/h4-5H,6-7,10H2,1-3H3. The molecule has 0 amide bonds. The third-order valence-corrected chi connectivity index (χ3v) is 1.83. The molecule has 74 valence electrons. The Morgan fingerprint density at radius 3 is 2.85 bits per heavy atom. The molecule has 0 bridgehead atoms. The van der Waals surface area contributed by atoms with Crippen molar-refractivity contribution in [3.05, 3.63) is 18.0 Å². The van der Waals surface area contributed by atoms with Crippen molar-refractivity contribution < 1.29 is 4.74 Å². The Labute approximate surface area is 78.7 Å². The molecule has 0 saturated carbocycles. The summed E-state index contributed by atoms with van der Waals surface area (Å²) in [5, 5.41) is 4.26. The van der Waals surface area contributed by atoms with E-state index in [0.717, 1.165) is 12.1 Å². The fourth-order valence-electron chi connectivity index (χ4n) is 1.35. The van der Waals surface area contributed by atoms with E-state index < -0.39 is 0 Å². The maximum Gasteiger partial charge on any atom is 0.0643 e. The van der Waals surface area contributed by atoms with Crippen LogP contribution in [0.5, 0.6) is 0 Å². The van der Waals surface area contributed by atoms with Crippen LogP contribution >= 0.6 is 0 Å². The van der Waals surface area contributed by atoms with Gasteiger partial charge in [0, 0.05) is 32.3 Å². The Hall–Kier alpha value is -0.870. The van der Waals surface area contributed by atoms with Crippen molar-refractivity contribution in [3.8, 4) is 0 Å². The molecular weight excluding hydrogens is 166 g/mol. The van der Waals surface area contributed by atoms with Gasteiger partial charge in [-0.25, -0.2) is 0 Å². The number of aromatic nitrogens is 2. The number of rotatable bonds is 4. The summed E-state index contributed by atoms with van der Waals surface area (Å²) in [4.78, 5) is 0. The van der Waals surface area contributed by atoms with Gasteiger partial charge < -0.3 is 10.5 Å². The van der Waals surface area contributed by atoms with Crippen LogP contribution in [-0.2, 0) is 18.2 Å². The summed E-state index contributed by atoms with van der Waals surface area (Å²) in [5.41, 5.74) is 6.67. The minimum absolute atomic E-state index is 0.330. The first-order chi connectivity index (χ1) is 6.03. The zero-order valence-corrected chi connectivity index (χ0v) is 8.45. The van der Waals surface area contributed by atoms with Gasteiger partial charge in [0.2, 0.25) is 0 Å². The quantitative estimate of drug-likeness (QED) is 0.731. The topological polar surface area (TPSA) is 53.1 Å². The minimum Gasteiger partial charge on any atom is -0.383 e. The van der Waals surface area contributed by atoms with Crippen molar-refractivity contribution in [3.63, 3.8) is 0 Å². The molecule has 0 radical (unpaired) electrons. The Morgan fingerprint density at radius 1 is 1.69 bits per heavy atom. The fourth-order valence-corrected chi connectivity index (χ4v) is 1.35. The zero-order valence-electron chi connectivity index (χ0n) is 8.45. The second-order valence-electron chi connectivity index (χ2n) is 3.74. The first-order valence-electron chi connectivity index (χ1n) is 4.30. The summed E-state index contributed by atoms with van der Waals surface area (Å²) in [6, 6.07) is 1.97. The molecule has 0 fully saturated rings. The zero-order chi connectivity index (χ0) is 9.90. The molecule has 1 atom stereocenters. The molecule has 1 unspecified atom stereocenters. The van der Waals surface area contributed by atoms with Crippen LogP contribution in [0.2, 0.25) is 0 Å². The summed E-state index contributed by atoms with van der Waals surface area (Å²) < 4.78 is 6.80. The number of methoxy groups -OCH3 is 1. The predicted octanol–water partition coefficient (Wildman–Crippen LogP) is 0.326. The molecule has 1 rings (SSSR count). The van der Waals surface area contributed by atoms with Gasteiger partial charge in [0.1, 0.15) is 0 Å². The fraction of sp³-hybridized carbons (Fsp3) is 0.667. The lowest BCUT2D eigenvalue weighted by Gasteiger charge is -2.22. The van der Waals surface area contributed by atoms with Crippen LogP contribution in [-0.4, -0.2) is 29.0 Å². The molecule has 0 aliphatic rings. The Morgan fingerprint density at radius 2 is 2.38 bits per heavy atom. The molecule has 4 heteroatoms. The van der Waals surface area contributed by atoms with Crippen molar-refractivity contribution in [2.75, 3.05) is 13.7 Å². The van der Waals surface area contributed by atoms with E-state index in [1.54, 1.807) is 11.8 Å². The van der Waals surface area contributed by atoms with E-state index in [9.17, 15) is 0 Å². The summed E-state index contributed by atoms with van der Waals surface area (Å²) in [7, 11) is 3.55. The minimum atomic E-state index is -0.330. The van der Waals surface area contributed by atoms with Gasteiger partial charge in [-0.05, 0) is 13.0 Å². The smallest absolute Gasteiger partial charge is 0.0643 e. The molecule has 13 heavy (non-hydrogen) atoms. The summed E-state index contributed by atoms with van der Waals surface area (Å²) in [6.45, 7) is 2.51. The highest BCUT2D eigenvalue weighted by Crippen LogP contribution is 2.08. The Bertz CT molecular complexity index is 268. The van der Waals surface area contributed by atoms with Crippen LogP contribution in [0, 0.1) is 0 Å². The van der Waals surface area contributed by atoms with E-state index in [2.05, 4.69) is 5.10 Å². The second-order valence-corrected chi connectivity index (χ2v) is 3.74. The highest BCUT2D eigenvalue weighted by Gasteiger charge is 2.19. The highest BCUT2D eigenvalue weighted by atomic mass is 16.5. The Balaban J connectivity index is 2.57. The molecule has 2 N–H and O–H groups in total. The van der Waals surface area contributed by atoms with Crippen LogP contribution < -0.4 is 5.73 Å². The van der Waals surface area contributed by atoms with Crippen LogP contribution in [0.4, 0.5) is 0 Å². The lowest BCUT2D eigenvalue weighted by atomic mass is 9.99. The van der Waals surface area contributed by atoms with Gasteiger partial charge in [0.05, 0.1) is 12.3 Å². The molecular formula is C9H17N3O. The first kappa shape index (κ1) is 10.2. The van der Waals surface area contributed by atoms with E-state index in [4.69, 9.17) is 10.5 Å². The lowest BCUT2D eigenvalue weighted by molar-refractivity contribution is 0.140. The van der Waals surface area contributed by atoms with Crippen LogP contribution in [0.25, 0.3) is 0 Å². The van der Waals surface area contributed by atoms with Gasteiger partial charge >= 0.3 is 0 Å². The van der Waals surface area contributed by atoms with Gasteiger partial charge in [-0.15, -0.1) is 0 Å². The third kappa shape index (κ3) is 3.16. The number of nitrogens with two attached hydrogens (primary N) is 1. The average molecular weight is 183 g/mol. The van der Waals surface area contributed by atoms with Gasteiger partial charge in [-0.1, -0.05) is 0 Å². The SMILES string of the molecule is COCC(C)(N)Cc1ccn(C)n1. The predicted molar refractivity (Wildman–Crippen MR) is 51.4 cm³/mol. The molecule has 1 aromatic heterocycles. The van der Waals surface area contributed by atoms with Gasteiger partial charge in [0.15, 0.2) is 0 Å². The third-order valence-electron chi connectivity index (χ3n) is 1.83. The lowest BCUT2D eigenvalue weighted by Crippen LogP contribution is -2.43. The van der Waals surface area contributed by atoms with E-state index in [1.807, 2.05) is 26.2 Å². The summed E-state index contributed by atoms with van der Waals surface area (Å²) >= 11 is 0. The largest absolute Gasteiger partial charge is 0.383 e. The number of hydrogen-bond donors (Lipinski definition) is 1. The van der Waals surface area contributed by atoms with Crippen molar-refractivity contribution in [1.82, 2.24) is 9.78 Å². The molecule has 4 nitrogen and oxygen atoms in total. The molecule has 1 aromatic rings. The monoisotopic (exact) mass is 183 g/mol. The normalized spacial score (nSPS) is 15.7. The first-order valence-corrected chi connectivity index (χ1v) is 4.30. The summed E-state index contributed by atoms with van der Waals surface area (Å²) in [6.07, 6.45) is 2.65. The van der Waals surface area contributed by atoms with Crippen molar-refractivity contribution in [2.24, 2.45) is 12.8 Å². The van der Waals surface area contributed by atoms with E-state index >= 15 is 0 Å². The number of ether oxygens (including phenoxy) is 1. The Kier molecular flexibility index (Phi) is 3.06. The molecule has 0 aliphatic carbocycles. The van der Waals surface area contributed by atoms with Crippen molar-refractivity contribution in [2.45, 2.75) is 18.9 Å².